The Morgan fingerprint density at radius 1 is 1.75 bits per heavy atom. The summed E-state index contributed by atoms with van der Waals surface area (Å²) in [4.78, 5) is 12.6. The van der Waals surface area contributed by atoms with Crippen LogP contribution in [-0.4, -0.2) is 16.6 Å². The highest BCUT2D eigenvalue weighted by atomic mass is 32.1. The molecule has 2 atom stereocenters. The average Bonchev–Trinajstić information content (AvgIpc) is 2.85. The van der Waals surface area contributed by atoms with Gasteiger partial charge in [0, 0.05) is 11.4 Å². The van der Waals surface area contributed by atoms with Crippen molar-refractivity contribution in [2.75, 3.05) is 0 Å². The summed E-state index contributed by atoms with van der Waals surface area (Å²) in [6.07, 6.45) is 2.75. The lowest BCUT2D eigenvalue weighted by Gasteiger charge is -2.30. The SMILES string of the molecule is CC1CCCC1(NCc1cccs1)C(=O)O. The molecule has 0 amide bonds. The van der Waals surface area contributed by atoms with Crippen LogP contribution in [0.25, 0.3) is 0 Å². The lowest BCUT2D eigenvalue weighted by molar-refractivity contribution is -0.146. The molecule has 0 spiro atoms. The van der Waals surface area contributed by atoms with Gasteiger partial charge in [0.25, 0.3) is 0 Å². The zero-order valence-electron chi connectivity index (χ0n) is 9.40. The summed E-state index contributed by atoms with van der Waals surface area (Å²) in [5.74, 6) is -0.487. The molecule has 2 rings (SSSR count). The molecular weight excluding hydrogens is 222 g/mol. The highest BCUT2D eigenvalue weighted by Crippen LogP contribution is 2.36. The Bertz CT molecular complexity index is 363. The van der Waals surface area contributed by atoms with E-state index in [0.717, 1.165) is 19.3 Å². The van der Waals surface area contributed by atoms with Crippen LogP contribution in [0, 0.1) is 5.92 Å². The maximum absolute atomic E-state index is 11.4. The van der Waals surface area contributed by atoms with E-state index in [2.05, 4.69) is 5.32 Å². The van der Waals surface area contributed by atoms with E-state index in [9.17, 15) is 9.90 Å². The number of aliphatic carboxylic acids is 1. The van der Waals surface area contributed by atoms with E-state index in [-0.39, 0.29) is 5.92 Å². The van der Waals surface area contributed by atoms with Crippen molar-refractivity contribution < 1.29 is 9.90 Å². The van der Waals surface area contributed by atoms with Gasteiger partial charge in [-0.25, -0.2) is 0 Å². The van der Waals surface area contributed by atoms with Gasteiger partial charge in [-0.2, -0.15) is 0 Å². The lowest BCUT2D eigenvalue weighted by atomic mass is 9.88. The number of carbonyl (C=O) groups is 1. The van der Waals surface area contributed by atoms with Gasteiger partial charge in [0.1, 0.15) is 5.54 Å². The van der Waals surface area contributed by atoms with E-state index in [4.69, 9.17) is 0 Å². The molecule has 2 N–H and O–H groups in total. The van der Waals surface area contributed by atoms with Crippen LogP contribution in [0.3, 0.4) is 0 Å². The van der Waals surface area contributed by atoms with E-state index >= 15 is 0 Å². The maximum Gasteiger partial charge on any atom is 0.324 e. The molecule has 88 valence electrons. The van der Waals surface area contributed by atoms with E-state index < -0.39 is 11.5 Å². The van der Waals surface area contributed by atoms with Gasteiger partial charge in [-0.1, -0.05) is 19.4 Å². The van der Waals surface area contributed by atoms with Crippen molar-refractivity contribution in [3.63, 3.8) is 0 Å². The van der Waals surface area contributed by atoms with Crippen LogP contribution < -0.4 is 5.32 Å². The van der Waals surface area contributed by atoms with E-state index in [1.165, 1.54) is 4.88 Å². The Morgan fingerprint density at radius 3 is 3.06 bits per heavy atom. The minimum absolute atomic E-state index is 0.213. The van der Waals surface area contributed by atoms with Gasteiger partial charge in [0.05, 0.1) is 0 Å². The van der Waals surface area contributed by atoms with Crippen LogP contribution in [0.5, 0.6) is 0 Å². The molecule has 1 aliphatic rings. The van der Waals surface area contributed by atoms with Crippen molar-refractivity contribution in [3.8, 4) is 0 Å². The molecule has 1 aromatic rings. The second-order valence-corrected chi connectivity index (χ2v) is 5.53. The molecule has 0 aromatic carbocycles. The van der Waals surface area contributed by atoms with E-state index in [0.29, 0.717) is 6.54 Å². The van der Waals surface area contributed by atoms with E-state index in [1.54, 1.807) is 11.3 Å². The number of carboxylic acids is 1. The third-order valence-electron chi connectivity index (χ3n) is 3.59. The minimum atomic E-state index is -0.704. The number of carboxylic acid groups (broad SMARTS) is 1. The van der Waals surface area contributed by atoms with Crippen LogP contribution >= 0.6 is 11.3 Å². The summed E-state index contributed by atoms with van der Waals surface area (Å²) in [7, 11) is 0. The zero-order chi connectivity index (χ0) is 11.6. The van der Waals surface area contributed by atoms with Crippen molar-refractivity contribution in [1.29, 1.82) is 0 Å². The van der Waals surface area contributed by atoms with Gasteiger partial charge in [0.2, 0.25) is 0 Å². The number of rotatable bonds is 4. The fourth-order valence-corrected chi connectivity index (χ4v) is 3.14. The molecule has 1 saturated carbocycles. The number of hydrogen-bond donors (Lipinski definition) is 2. The van der Waals surface area contributed by atoms with Crippen molar-refractivity contribution in [2.45, 2.75) is 38.3 Å². The molecule has 0 aliphatic heterocycles. The number of hydrogen-bond acceptors (Lipinski definition) is 3. The van der Waals surface area contributed by atoms with Gasteiger partial charge < -0.3 is 5.11 Å². The minimum Gasteiger partial charge on any atom is -0.480 e. The summed E-state index contributed by atoms with van der Waals surface area (Å²) in [6.45, 7) is 2.69. The smallest absolute Gasteiger partial charge is 0.324 e. The summed E-state index contributed by atoms with van der Waals surface area (Å²) in [6, 6.07) is 4.03. The molecule has 1 aliphatic carbocycles. The standard InChI is InChI=1S/C12H17NO2S/c1-9-4-2-6-12(9,11(14)15)13-8-10-5-3-7-16-10/h3,5,7,9,13H,2,4,6,8H2,1H3,(H,14,15). The second kappa shape index (κ2) is 4.55. The van der Waals surface area contributed by atoms with Gasteiger partial charge in [-0.3, -0.25) is 10.1 Å². The first-order valence-corrected chi connectivity index (χ1v) is 6.54. The molecule has 16 heavy (non-hydrogen) atoms. The summed E-state index contributed by atoms with van der Waals surface area (Å²) in [5, 5.41) is 14.7. The summed E-state index contributed by atoms with van der Waals surface area (Å²) in [5.41, 5.74) is -0.704. The molecule has 0 bridgehead atoms. The molecule has 2 unspecified atom stereocenters. The zero-order valence-corrected chi connectivity index (χ0v) is 10.2. The Labute approximate surface area is 99.5 Å². The van der Waals surface area contributed by atoms with Crippen LogP contribution in [0.2, 0.25) is 0 Å². The molecule has 4 heteroatoms. The highest BCUT2D eigenvalue weighted by molar-refractivity contribution is 7.09. The van der Waals surface area contributed by atoms with Gasteiger partial charge >= 0.3 is 5.97 Å². The number of thiophene rings is 1. The largest absolute Gasteiger partial charge is 0.480 e. The molecule has 0 radical (unpaired) electrons. The van der Waals surface area contributed by atoms with Crippen LogP contribution in [0.4, 0.5) is 0 Å². The molecule has 0 saturated heterocycles. The van der Waals surface area contributed by atoms with Crippen molar-refractivity contribution >= 4 is 17.3 Å². The third kappa shape index (κ3) is 1.99. The second-order valence-electron chi connectivity index (χ2n) is 4.50. The first-order valence-electron chi connectivity index (χ1n) is 5.66. The third-order valence-corrected chi connectivity index (χ3v) is 4.47. The molecule has 1 fully saturated rings. The Hall–Kier alpha value is -0.870. The normalized spacial score (nSPS) is 29.4. The van der Waals surface area contributed by atoms with Crippen molar-refractivity contribution in [2.24, 2.45) is 5.92 Å². The highest BCUT2D eigenvalue weighted by Gasteiger charge is 2.46. The predicted octanol–water partition coefficient (Wildman–Crippen LogP) is 2.48. The van der Waals surface area contributed by atoms with Gasteiger partial charge in [-0.15, -0.1) is 11.3 Å². The lowest BCUT2D eigenvalue weighted by Crippen LogP contribution is -2.53. The van der Waals surface area contributed by atoms with Gasteiger partial charge in [0.15, 0.2) is 0 Å². The maximum atomic E-state index is 11.4. The Balaban J connectivity index is 2.06. The fourth-order valence-electron chi connectivity index (χ4n) is 2.49. The van der Waals surface area contributed by atoms with Crippen LogP contribution in [0.1, 0.15) is 31.1 Å². The molecule has 3 nitrogen and oxygen atoms in total. The summed E-state index contributed by atoms with van der Waals surface area (Å²) >= 11 is 1.66. The topological polar surface area (TPSA) is 49.3 Å². The molecule has 1 aromatic heterocycles. The summed E-state index contributed by atoms with van der Waals surface area (Å²) < 4.78 is 0. The van der Waals surface area contributed by atoms with Crippen LogP contribution in [-0.2, 0) is 11.3 Å². The monoisotopic (exact) mass is 239 g/mol. The quantitative estimate of drug-likeness (QED) is 0.848. The number of nitrogens with one attached hydrogen (secondary N) is 1. The fraction of sp³-hybridized carbons (Fsp3) is 0.583. The average molecular weight is 239 g/mol. The Morgan fingerprint density at radius 2 is 2.56 bits per heavy atom. The predicted molar refractivity (Wildman–Crippen MR) is 64.5 cm³/mol. The van der Waals surface area contributed by atoms with E-state index in [1.807, 2.05) is 24.4 Å². The Kier molecular flexibility index (Phi) is 3.30. The first-order chi connectivity index (χ1) is 7.65. The first kappa shape index (κ1) is 11.6. The van der Waals surface area contributed by atoms with Crippen molar-refractivity contribution in [3.05, 3.63) is 22.4 Å². The molecular formula is C12H17NO2S. The van der Waals surface area contributed by atoms with Crippen molar-refractivity contribution in [1.82, 2.24) is 5.32 Å². The molecule has 1 heterocycles. The van der Waals surface area contributed by atoms with Crippen LogP contribution in [0.15, 0.2) is 17.5 Å². The van der Waals surface area contributed by atoms with Gasteiger partial charge in [-0.05, 0) is 30.2 Å².